The zero-order chi connectivity index (χ0) is 20.3. The van der Waals surface area contributed by atoms with Gasteiger partial charge in [-0.05, 0) is 43.1 Å². The SMILES string of the molecule is CCOc1cc(C(F)(F)F)nn1-c1ccc(COc2nc(Cl)ncc2C)cc1. The van der Waals surface area contributed by atoms with Gasteiger partial charge >= 0.3 is 6.18 Å². The third-order valence-electron chi connectivity index (χ3n) is 3.71. The number of rotatable bonds is 6. The van der Waals surface area contributed by atoms with Gasteiger partial charge in [-0.2, -0.15) is 23.3 Å². The first-order valence-corrected chi connectivity index (χ1v) is 8.67. The lowest BCUT2D eigenvalue weighted by Gasteiger charge is -2.10. The average Bonchev–Trinajstić information content (AvgIpc) is 3.08. The van der Waals surface area contributed by atoms with Crippen molar-refractivity contribution in [1.29, 1.82) is 0 Å². The Bertz CT molecular complexity index is 958. The van der Waals surface area contributed by atoms with Crippen LogP contribution in [0.25, 0.3) is 5.69 Å². The Morgan fingerprint density at radius 1 is 1.14 bits per heavy atom. The Hall–Kier alpha value is -2.81. The van der Waals surface area contributed by atoms with E-state index < -0.39 is 11.9 Å². The van der Waals surface area contributed by atoms with Gasteiger partial charge in [0.25, 0.3) is 0 Å². The Morgan fingerprint density at radius 2 is 1.86 bits per heavy atom. The number of benzene rings is 1. The van der Waals surface area contributed by atoms with Gasteiger partial charge in [-0.25, -0.2) is 9.67 Å². The molecule has 0 saturated carbocycles. The topological polar surface area (TPSA) is 62.1 Å². The van der Waals surface area contributed by atoms with E-state index in [-0.39, 0.29) is 24.4 Å². The van der Waals surface area contributed by atoms with Crippen molar-refractivity contribution < 1.29 is 22.6 Å². The summed E-state index contributed by atoms with van der Waals surface area (Å²) in [6.45, 7) is 3.90. The number of ether oxygens (including phenoxy) is 2. The lowest BCUT2D eigenvalue weighted by Crippen LogP contribution is -2.07. The van der Waals surface area contributed by atoms with E-state index in [1.807, 2.05) is 0 Å². The maximum absolute atomic E-state index is 13.0. The van der Waals surface area contributed by atoms with Gasteiger partial charge in [0.15, 0.2) is 5.69 Å². The predicted molar refractivity (Wildman–Crippen MR) is 95.8 cm³/mol. The maximum atomic E-state index is 13.0. The second-order valence-corrected chi connectivity index (χ2v) is 6.13. The zero-order valence-corrected chi connectivity index (χ0v) is 15.8. The van der Waals surface area contributed by atoms with Gasteiger partial charge in [0.05, 0.1) is 12.3 Å². The Morgan fingerprint density at radius 3 is 2.50 bits per heavy atom. The number of alkyl halides is 3. The fourth-order valence-electron chi connectivity index (χ4n) is 2.38. The van der Waals surface area contributed by atoms with Crippen molar-refractivity contribution in [3.05, 3.63) is 58.6 Å². The summed E-state index contributed by atoms with van der Waals surface area (Å²) < 4.78 is 50.9. The molecule has 0 saturated heterocycles. The molecule has 0 aliphatic rings. The van der Waals surface area contributed by atoms with Crippen LogP contribution in [-0.4, -0.2) is 26.4 Å². The van der Waals surface area contributed by atoms with E-state index in [0.717, 1.165) is 21.9 Å². The van der Waals surface area contributed by atoms with Crippen LogP contribution < -0.4 is 9.47 Å². The molecule has 28 heavy (non-hydrogen) atoms. The molecule has 0 unspecified atom stereocenters. The molecule has 0 aliphatic carbocycles. The van der Waals surface area contributed by atoms with Crippen molar-refractivity contribution in [3.63, 3.8) is 0 Å². The summed E-state index contributed by atoms with van der Waals surface area (Å²) in [5.41, 5.74) is 0.945. The fraction of sp³-hybridized carbons (Fsp3) is 0.278. The molecule has 6 nitrogen and oxygen atoms in total. The molecule has 3 aromatic rings. The maximum Gasteiger partial charge on any atom is 0.435 e. The molecule has 0 bridgehead atoms. The lowest BCUT2D eigenvalue weighted by molar-refractivity contribution is -0.141. The number of aromatic nitrogens is 4. The molecular weight excluding hydrogens is 397 g/mol. The summed E-state index contributed by atoms with van der Waals surface area (Å²) in [5.74, 6) is 0.384. The molecule has 10 heteroatoms. The van der Waals surface area contributed by atoms with Gasteiger partial charge in [0.1, 0.15) is 6.61 Å². The number of halogens is 4. The highest BCUT2D eigenvalue weighted by Crippen LogP contribution is 2.32. The van der Waals surface area contributed by atoms with E-state index in [2.05, 4.69) is 15.1 Å². The molecule has 2 aromatic heterocycles. The minimum Gasteiger partial charge on any atom is -0.478 e. The number of hydrogen-bond acceptors (Lipinski definition) is 5. The van der Waals surface area contributed by atoms with Crippen molar-refractivity contribution >= 4 is 11.6 Å². The molecule has 0 aliphatic heterocycles. The summed E-state index contributed by atoms with van der Waals surface area (Å²) in [4.78, 5) is 7.86. The van der Waals surface area contributed by atoms with Gasteiger partial charge < -0.3 is 9.47 Å². The smallest absolute Gasteiger partial charge is 0.435 e. The van der Waals surface area contributed by atoms with E-state index in [1.165, 1.54) is 0 Å². The van der Waals surface area contributed by atoms with E-state index in [1.54, 1.807) is 44.3 Å². The summed E-state index contributed by atoms with van der Waals surface area (Å²) in [7, 11) is 0. The fourth-order valence-corrected chi connectivity index (χ4v) is 2.50. The van der Waals surface area contributed by atoms with Gasteiger partial charge in [0, 0.05) is 17.8 Å². The van der Waals surface area contributed by atoms with Crippen LogP contribution in [0.4, 0.5) is 13.2 Å². The molecule has 1 aromatic carbocycles. The molecule has 2 heterocycles. The van der Waals surface area contributed by atoms with Gasteiger partial charge in [-0.1, -0.05) is 12.1 Å². The third kappa shape index (κ3) is 4.53. The first-order valence-electron chi connectivity index (χ1n) is 8.29. The van der Waals surface area contributed by atoms with Gasteiger partial charge in [-0.15, -0.1) is 0 Å². The Balaban J connectivity index is 1.79. The highest BCUT2D eigenvalue weighted by molar-refractivity contribution is 6.28. The van der Waals surface area contributed by atoms with E-state index in [4.69, 9.17) is 21.1 Å². The minimum atomic E-state index is -4.55. The largest absolute Gasteiger partial charge is 0.478 e. The lowest BCUT2D eigenvalue weighted by atomic mass is 10.2. The molecule has 0 amide bonds. The summed E-state index contributed by atoms with van der Waals surface area (Å²) in [5, 5.41) is 3.70. The minimum absolute atomic E-state index is 0.0186. The first-order chi connectivity index (χ1) is 13.3. The summed E-state index contributed by atoms with van der Waals surface area (Å²) in [6, 6.07) is 7.58. The van der Waals surface area contributed by atoms with Crippen molar-refractivity contribution in [2.45, 2.75) is 26.6 Å². The zero-order valence-electron chi connectivity index (χ0n) is 15.0. The third-order valence-corrected chi connectivity index (χ3v) is 3.89. The van der Waals surface area contributed by atoms with E-state index in [0.29, 0.717) is 11.6 Å². The summed E-state index contributed by atoms with van der Waals surface area (Å²) in [6.07, 6.45) is -3.00. The van der Waals surface area contributed by atoms with Crippen LogP contribution in [-0.2, 0) is 12.8 Å². The molecule has 0 fully saturated rings. The normalized spacial score (nSPS) is 11.5. The van der Waals surface area contributed by atoms with Crippen molar-refractivity contribution in [2.24, 2.45) is 0 Å². The summed E-state index contributed by atoms with van der Waals surface area (Å²) >= 11 is 5.76. The highest BCUT2D eigenvalue weighted by atomic mass is 35.5. The Kier molecular flexibility index (Phi) is 5.73. The van der Waals surface area contributed by atoms with Crippen molar-refractivity contribution in [2.75, 3.05) is 6.61 Å². The number of nitrogens with zero attached hydrogens (tertiary/aromatic N) is 4. The van der Waals surface area contributed by atoms with Crippen LogP contribution in [0.2, 0.25) is 5.28 Å². The molecule has 0 atom stereocenters. The second kappa shape index (κ2) is 8.05. The quantitative estimate of drug-likeness (QED) is 0.553. The van der Waals surface area contributed by atoms with Crippen LogP contribution in [0.1, 0.15) is 23.7 Å². The van der Waals surface area contributed by atoms with E-state index >= 15 is 0 Å². The van der Waals surface area contributed by atoms with Crippen LogP contribution >= 0.6 is 11.6 Å². The van der Waals surface area contributed by atoms with E-state index in [9.17, 15) is 13.2 Å². The highest BCUT2D eigenvalue weighted by Gasteiger charge is 2.35. The van der Waals surface area contributed by atoms with Gasteiger partial charge in [-0.3, -0.25) is 0 Å². The predicted octanol–water partition coefficient (Wildman–Crippen LogP) is 4.62. The van der Waals surface area contributed by atoms with Crippen LogP contribution in [0.5, 0.6) is 11.8 Å². The molecule has 0 spiro atoms. The molecule has 148 valence electrons. The molecule has 0 N–H and O–H groups in total. The van der Waals surface area contributed by atoms with Crippen LogP contribution in [0.3, 0.4) is 0 Å². The monoisotopic (exact) mass is 412 g/mol. The molecular formula is C18H16ClF3N4O2. The van der Waals surface area contributed by atoms with Crippen LogP contribution in [0.15, 0.2) is 36.5 Å². The molecule has 3 rings (SSSR count). The van der Waals surface area contributed by atoms with Gasteiger partial charge in [0.2, 0.25) is 17.0 Å². The van der Waals surface area contributed by atoms with Crippen LogP contribution in [0, 0.1) is 6.92 Å². The number of hydrogen-bond donors (Lipinski definition) is 0. The van der Waals surface area contributed by atoms with Crippen molar-refractivity contribution in [1.82, 2.24) is 19.7 Å². The average molecular weight is 413 g/mol. The number of aryl methyl sites for hydroxylation is 1. The first kappa shape index (κ1) is 19.9. The Labute approximate surface area is 163 Å². The second-order valence-electron chi connectivity index (χ2n) is 5.79. The van der Waals surface area contributed by atoms with Crippen molar-refractivity contribution in [3.8, 4) is 17.4 Å². The molecule has 0 radical (unpaired) electrons. The standard InChI is InChI=1S/C18H16ClF3N4O2/c1-3-27-15-8-14(18(20,21)22)25-26(15)13-6-4-12(5-7-13)10-28-16-11(2)9-23-17(19)24-16/h4-9H,3,10H2,1-2H3.